The van der Waals surface area contributed by atoms with Crippen LogP contribution < -0.4 is 0 Å². The lowest BCUT2D eigenvalue weighted by atomic mass is 10.2. The molecule has 0 aromatic carbocycles. The first-order valence-electron chi connectivity index (χ1n) is 3.11. The van der Waals surface area contributed by atoms with Crippen LogP contribution in [0, 0.1) is 0 Å². The van der Waals surface area contributed by atoms with Gasteiger partial charge < -0.3 is 4.98 Å². The van der Waals surface area contributed by atoms with Gasteiger partial charge in [0.25, 0.3) is 0 Å². The number of halogens is 1. The van der Waals surface area contributed by atoms with E-state index in [9.17, 15) is 4.79 Å². The van der Waals surface area contributed by atoms with Gasteiger partial charge in [0.05, 0.1) is 10.3 Å². The van der Waals surface area contributed by atoms with Crippen molar-refractivity contribution in [2.75, 3.05) is 0 Å². The fourth-order valence-corrected chi connectivity index (χ4v) is 1.07. The Balaban J connectivity index is 2.85. The quantitative estimate of drug-likeness (QED) is 0.733. The lowest BCUT2D eigenvalue weighted by Gasteiger charge is -1.89. The summed E-state index contributed by atoms with van der Waals surface area (Å²) in [5, 5.41) is 0. The van der Waals surface area contributed by atoms with E-state index in [4.69, 9.17) is 0 Å². The number of Topliss-reactive ketones (excluding diaryl/α,β-unsaturated/α-hetero) is 1. The minimum atomic E-state index is 0.144. The number of ketones is 1. The summed E-state index contributed by atoms with van der Waals surface area (Å²) in [5.74, 6) is 0.144. The number of aromatic nitrogens is 1. The highest BCUT2D eigenvalue weighted by Crippen LogP contribution is 2.09. The van der Waals surface area contributed by atoms with Gasteiger partial charge in [-0.1, -0.05) is 6.92 Å². The number of hydrogen-bond acceptors (Lipinski definition) is 1. The van der Waals surface area contributed by atoms with Gasteiger partial charge in [-0.2, -0.15) is 0 Å². The monoisotopic (exact) mass is 201 g/mol. The first kappa shape index (κ1) is 7.54. The molecular formula is C7H8BrNO. The number of carbonyl (C=O) groups is 1. The lowest BCUT2D eigenvalue weighted by Crippen LogP contribution is -1.95. The highest BCUT2D eigenvalue weighted by molar-refractivity contribution is 9.10. The molecule has 1 aromatic rings. The van der Waals surface area contributed by atoms with Gasteiger partial charge in [-0.25, -0.2) is 0 Å². The third-order valence-electron chi connectivity index (χ3n) is 1.27. The van der Waals surface area contributed by atoms with E-state index < -0.39 is 0 Å². The largest absolute Gasteiger partial charge is 0.347 e. The first-order valence-corrected chi connectivity index (χ1v) is 3.91. The van der Waals surface area contributed by atoms with Crippen molar-refractivity contribution < 1.29 is 4.79 Å². The van der Waals surface area contributed by atoms with Crippen molar-refractivity contribution in [2.24, 2.45) is 0 Å². The third-order valence-corrected chi connectivity index (χ3v) is 1.73. The van der Waals surface area contributed by atoms with Gasteiger partial charge in [-0.15, -0.1) is 0 Å². The lowest BCUT2D eigenvalue weighted by molar-refractivity contribution is 0.0984. The van der Waals surface area contributed by atoms with E-state index in [-0.39, 0.29) is 5.78 Å². The molecule has 0 bridgehead atoms. The van der Waals surface area contributed by atoms with Crippen molar-refractivity contribution >= 4 is 21.7 Å². The van der Waals surface area contributed by atoms with Crippen LogP contribution in [0.4, 0.5) is 0 Å². The molecule has 0 saturated heterocycles. The summed E-state index contributed by atoms with van der Waals surface area (Å²) < 4.78 is 0.851. The Labute approximate surface area is 67.8 Å². The minimum Gasteiger partial charge on any atom is -0.347 e. The van der Waals surface area contributed by atoms with Gasteiger partial charge in [0.15, 0.2) is 5.78 Å². The molecule has 1 N–H and O–H groups in total. The van der Waals surface area contributed by atoms with E-state index in [0.29, 0.717) is 12.1 Å². The van der Waals surface area contributed by atoms with Crippen LogP contribution in [0.15, 0.2) is 16.7 Å². The predicted octanol–water partition coefficient (Wildman–Crippen LogP) is 2.37. The first-order chi connectivity index (χ1) is 4.74. The number of rotatable bonds is 2. The number of aromatic amines is 1. The van der Waals surface area contributed by atoms with Gasteiger partial charge in [0, 0.05) is 6.42 Å². The zero-order chi connectivity index (χ0) is 7.56. The van der Waals surface area contributed by atoms with E-state index in [1.165, 1.54) is 0 Å². The standard InChI is InChI=1S/C7H8BrNO/c1-2-6(10)5-3-4-7(8)9-5/h3-4,9H,2H2,1H3. The summed E-state index contributed by atoms with van der Waals surface area (Å²) in [6.07, 6.45) is 0.549. The van der Waals surface area contributed by atoms with Crippen molar-refractivity contribution in [1.82, 2.24) is 4.98 Å². The second kappa shape index (κ2) is 3.01. The van der Waals surface area contributed by atoms with Crippen LogP contribution in [0.5, 0.6) is 0 Å². The molecule has 10 heavy (non-hydrogen) atoms. The number of hydrogen-bond donors (Lipinski definition) is 1. The number of carbonyl (C=O) groups excluding carboxylic acids is 1. The van der Waals surface area contributed by atoms with E-state index in [2.05, 4.69) is 20.9 Å². The maximum absolute atomic E-state index is 11.0. The average molecular weight is 202 g/mol. The van der Waals surface area contributed by atoms with E-state index in [0.717, 1.165) is 4.60 Å². The van der Waals surface area contributed by atoms with E-state index >= 15 is 0 Å². The molecule has 0 aliphatic carbocycles. The fourth-order valence-electron chi connectivity index (χ4n) is 0.722. The average Bonchev–Trinajstić information content (AvgIpc) is 2.34. The van der Waals surface area contributed by atoms with Gasteiger partial charge in [0.2, 0.25) is 0 Å². The molecule has 0 atom stereocenters. The summed E-state index contributed by atoms with van der Waals surface area (Å²) in [4.78, 5) is 13.9. The second-order valence-electron chi connectivity index (χ2n) is 2.00. The molecule has 2 nitrogen and oxygen atoms in total. The van der Waals surface area contributed by atoms with Crippen molar-refractivity contribution in [1.29, 1.82) is 0 Å². The van der Waals surface area contributed by atoms with Crippen molar-refractivity contribution in [2.45, 2.75) is 13.3 Å². The Kier molecular flexibility index (Phi) is 2.27. The second-order valence-corrected chi connectivity index (χ2v) is 2.85. The topological polar surface area (TPSA) is 32.9 Å². The van der Waals surface area contributed by atoms with Crippen LogP contribution in [-0.2, 0) is 0 Å². The third kappa shape index (κ3) is 1.48. The Morgan fingerprint density at radius 3 is 2.80 bits per heavy atom. The molecule has 0 saturated carbocycles. The molecule has 0 amide bonds. The Morgan fingerprint density at radius 2 is 2.40 bits per heavy atom. The van der Waals surface area contributed by atoms with Crippen molar-refractivity contribution in [3.8, 4) is 0 Å². The van der Waals surface area contributed by atoms with E-state index in [1.54, 1.807) is 6.07 Å². The van der Waals surface area contributed by atoms with Crippen LogP contribution in [0.25, 0.3) is 0 Å². The molecule has 0 aliphatic rings. The molecule has 0 radical (unpaired) electrons. The van der Waals surface area contributed by atoms with Crippen LogP contribution in [0.2, 0.25) is 0 Å². The highest BCUT2D eigenvalue weighted by Gasteiger charge is 2.03. The molecule has 1 heterocycles. The molecular weight excluding hydrogens is 194 g/mol. The van der Waals surface area contributed by atoms with Crippen LogP contribution in [0.3, 0.4) is 0 Å². The fraction of sp³-hybridized carbons (Fsp3) is 0.286. The predicted molar refractivity (Wildman–Crippen MR) is 43.1 cm³/mol. The molecule has 1 rings (SSSR count). The highest BCUT2D eigenvalue weighted by atomic mass is 79.9. The molecule has 0 spiro atoms. The zero-order valence-electron chi connectivity index (χ0n) is 5.65. The van der Waals surface area contributed by atoms with Gasteiger partial charge >= 0.3 is 0 Å². The summed E-state index contributed by atoms with van der Waals surface area (Å²) in [6, 6.07) is 3.60. The molecule has 0 fully saturated rings. The molecule has 54 valence electrons. The van der Waals surface area contributed by atoms with E-state index in [1.807, 2.05) is 13.0 Å². The zero-order valence-corrected chi connectivity index (χ0v) is 7.23. The Hall–Kier alpha value is -0.570. The summed E-state index contributed by atoms with van der Waals surface area (Å²) >= 11 is 3.22. The van der Waals surface area contributed by atoms with Crippen LogP contribution >= 0.6 is 15.9 Å². The maximum atomic E-state index is 11.0. The SMILES string of the molecule is CCC(=O)c1ccc(Br)[nH]1. The Bertz CT molecular complexity index is 242. The normalized spacial score (nSPS) is 9.80. The summed E-state index contributed by atoms with van der Waals surface area (Å²) in [7, 11) is 0. The van der Waals surface area contributed by atoms with Crippen LogP contribution in [0.1, 0.15) is 23.8 Å². The van der Waals surface area contributed by atoms with Crippen molar-refractivity contribution in [3.05, 3.63) is 22.4 Å². The maximum Gasteiger partial charge on any atom is 0.178 e. The van der Waals surface area contributed by atoms with Crippen LogP contribution in [-0.4, -0.2) is 10.8 Å². The number of H-pyrrole nitrogens is 1. The molecule has 3 heteroatoms. The van der Waals surface area contributed by atoms with Crippen molar-refractivity contribution in [3.63, 3.8) is 0 Å². The van der Waals surface area contributed by atoms with Gasteiger partial charge in [0.1, 0.15) is 0 Å². The minimum absolute atomic E-state index is 0.144. The molecule has 0 unspecified atom stereocenters. The Morgan fingerprint density at radius 1 is 1.70 bits per heavy atom. The van der Waals surface area contributed by atoms with Gasteiger partial charge in [-0.3, -0.25) is 4.79 Å². The summed E-state index contributed by atoms with van der Waals surface area (Å²) in [5.41, 5.74) is 0.675. The summed E-state index contributed by atoms with van der Waals surface area (Å²) in [6.45, 7) is 1.84. The molecule has 1 aromatic heterocycles. The van der Waals surface area contributed by atoms with Gasteiger partial charge in [-0.05, 0) is 28.1 Å². The smallest absolute Gasteiger partial charge is 0.178 e. The number of nitrogens with one attached hydrogen (secondary N) is 1. The molecule has 0 aliphatic heterocycles.